The number of carbonyl (C=O) groups excluding carboxylic acids is 1. The van der Waals surface area contributed by atoms with E-state index < -0.39 is 0 Å². The molecule has 0 heterocycles. The Kier molecular flexibility index (Phi) is 12.4. The number of nitriles is 1. The third-order valence-electron chi connectivity index (χ3n) is 5.46. The molecule has 0 unspecified atom stereocenters. The highest BCUT2D eigenvalue weighted by Gasteiger charge is 2.05. The molecule has 0 fully saturated rings. The van der Waals surface area contributed by atoms with Crippen LogP contribution in [0.25, 0.3) is 6.08 Å². The second kappa shape index (κ2) is 15.8. The van der Waals surface area contributed by atoms with Gasteiger partial charge in [-0.25, -0.2) is 0 Å². The molecule has 0 spiro atoms. The lowest BCUT2D eigenvalue weighted by Crippen LogP contribution is -2.26. The summed E-state index contributed by atoms with van der Waals surface area (Å²) in [6.45, 7) is 2.53. The summed E-state index contributed by atoms with van der Waals surface area (Å²) in [6, 6.07) is 13.4. The minimum Gasteiger partial charge on any atom is -0.497 e. The maximum Gasteiger partial charge on any atom is 0.243 e. The summed E-state index contributed by atoms with van der Waals surface area (Å²) in [5.41, 5.74) is 2.86. The zero-order valence-corrected chi connectivity index (χ0v) is 21.5. The number of nitrogens with one attached hydrogen (secondary N) is 3. The van der Waals surface area contributed by atoms with Crippen molar-refractivity contribution < 1.29 is 14.3 Å². The molecule has 0 radical (unpaired) electrons. The van der Waals surface area contributed by atoms with Crippen molar-refractivity contribution in [2.75, 3.05) is 53.3 Å². The first-order valence-electron chi connectivity index (χ1n) is 11.8. The van der Waals surface area contributed by atoms with Crippen LogP contribution in [0.3, 0.4) is 0 Å². The highest BCUT2D eigenvalue weighted by atomic mass is 16.5. The molecule has 0 bridgehead atoms. The number of likely N-dealkylation sites (N-methyl/N-ethyl adjacent to an activating group) is 1. The quantitative estimate of drug-likeness (QED) is 0.0983. The van der Waals surface area contributed by atoms with Crippen LogP contribution in [0, 0.1) is 11.5 Å². The van der Waals surface area contributed by atoms with Crippen molar-refractivity contribution in [1.29, 1.82) is 5.26 Å². The Bertz CT molecular complexity index is 1040. The number of nitrogens with zero attached hydrogens (tertiary/aromatic N) is 3. The third-order valence-corrected chi connectivity index (χ3v) is 5.46. The first-order chi connectivity index (χ1) is 17.5. The molecule has 0 saturated carbocycles. The van der Waals surface area contributed by atoms with Gasteiger partial charge in [0.15, 0.2) is 6.19 Å². The Hall–Kier alpha value is -4.03. The Morgan fingerprint density at radius 3 is 2.39 bits per heavy atom. The highest BCUT2D eigenvalue weighted by molar-refractivity contribution is 5.94. The minimum absolute atomic E-state index is 0.115. The van der Waals surface area contributed by atoms with Gasteiger partial charge in [-0.05, 0) is 74.3 Å². The van der Waals surface area contributed by atoms with Crippen LogP contribution in [0.4, 0.5) is 5.69 Å². The van der Waals surface area contributed by atoms with E-state index in [0.717, 1.165) is 55.1 Å². The maximum absolute atomic E-state index is 12.1. The third kappa shape index (κ3) is 10.5. The fourth-order valence-corrected chi connectivity index (χ4v) is 3.40. The van der Waals surface area contributed by atoms with Gasteiger partial charge in [0.1, 0.15) is 11.5 Å². The van der Waals surface area contributed by atoms with Gasteiger partial charge in [0, 0.05) is 38.0 Å². The van der Waals surface area contributed by atoms with Crippen molar-refractivity contribution >= 4 is 23.6 Å². The Morgan fingerprint density at radius 1 is 1.08 bits per heavy atom. The van der Waals surface area contributed by atoms with Crippen LogP contribution in [-0.4, -0.2) is 64.7 Å². The number of hydrogen-bond acceptors (Lipinski definition) is 6. The van der Waals surface area contributed by atoms with Crippen LogP contribution in [0.15, 0.2) is 53.5 Å². The molecular formula is C27H36N6O3. The van der Waals surface area contributed by atoms with E-state index in [2.05, 4.69) is 32.9 Å². The molecule has 9 nitrogen and oxygen atoms in total. The van der Waals surface area contributed by atoms with Gasteiger partial charge in [-0.2, -0.15) is 5.26 Å². The molecule has 0 saturated heterocycles. The van der Waals surface area contributed by atoms with Gasteiger partial charge in [-0.15, -0.1) is 0 Å². The summed E-state index contributed by atoms with van der Waals surface area (Å²) in [7, 11) is 7.01. The van der Waals surface area contributed by atoms with Crippen LogP contribution in [0.2, 0.25) is 0 Å². The number of carbonyl (C=O) groups is 1. The van der Waals surface area contributed by atoms with Crippen LogP contribution in [0.1, 0.15) is 24.0 Å². The van der Waals surface area contributed by atoms with Crippen LogP contribution < -0.4 is 25.4 Å². The molecule has 192 valence electrons. The molecule has 0 aliphatic carbocycles. The average molecular weight is 493 g/mol. The minimum atomic E-state index is -0.115. The summed E-state index contributed by atoms with van der Waals surface area (Å²) < 4.78 is 10.7. The molecule has 0 atom stereocenters. The molecule has 1 amide bonds. The first kappa shape index (κ1) is 28.2. The topological polar surface area (TPSA) is 111 Å². The lowest BCUT2D eigenvalue weighted by atomic mass is 10.1. The molecule has 9 heteroatoms. The molecule has 2 aromatic carbocycles. The summed E-state index contributed by atoms with van der Waals surface area (Å²) in [4.78, 5) is 18.3. The van der Waals surface area contributed by atoms with E-state index in [9.17, 15) is 4.79 Å². The van der Waals surface area contributed by atoms with Gasteiger partial charge in [0.25, 0.3) is 0 Å². The zero-order chi connectivity index (χ0) is 26.2. The van der Waals surface area contributed by atoms with Crippen molar-refractivity contribution in [2.24, 2.45) is 4.99 Å². The summed E-state index contributed by atoms with van der Waals surface area (Å²) in [5, 5.41) is 17.1. The van der Waals surface area contributed by atoms with E-state index in [1.54, 1.807) is 27.3 Å². The van der Waals surface area contributed by atoms with Crippen molar-refractivity contribution in [1.82, 2.24) is 15.5 Å². The lowest BCUT2D eigenvalue weighted by Gasteiger charge is -2.17. The second-order valence-corrected chi connectivity index (χ2v) is 8.16. The zero-order valence-electron chi connectivity index (χ0n) is 21.5. The van der Waals surface area contributed by atoms with Crippen LogP contribution in [-0.2, 0) is 11.2 Å². The summed E-state index contributed by atoms with van der Waals surface area (Å²) in [6.07, 6.45) is 7.95. The molecule has 0 aliphatic heterocycles. The SMILES string of the molecule is CN=C(NC#N)Nc1ccc(/C=C/C(=O)NCCCCN(C)CCc2cc(OC)cc(OC)c2)cc1. The predicted molar refractivity (Wildman–Crippen MR) is 144 cm³/mol. The molecule has 0 aliphatic rings. The number of ether oxygens (including phenoxy) is 2. The molecule has 2 aromatic rings. The average Bonchev–Trinajstić information content (AvgIpc) is 2.90. The van der Waals surface area contributed by atoms with Gasteiger partial charge in [-0.3, -0.25) is 15.1 Å². The monoisotopic (exact) mass is 492 g/mol. The number of methoxy groups -OCH3 is 2. The van der Waals surface area contributed by atoms with Crippen LogP contribution >= 0.6 is 0 Å². The molecule has 0 aromatic heterocycles. The van der Waals surface area contributed by atoms with E-state index in [-0.39, 0.29) is 5.91 Å². The van der Waals surface area contributed by atoms with Crippen molar-refractivity contribution in [3.8, 4) is 17.7 Å². The number of anilines is 1. The number of hydrogen-bond donors (Lipinski definition) is 3. The van der Waals surface area contributed by atoms with Crippen LogP contribution in [0.5, 0.6) is 11.5 Å². The van der Waals surface area contributed by atoms with Gasteiger partial charge in [-0.1, -0.05) is 12.1 Å². The summed E-state index contributed by atoms with van der Waals surface area (Å²) in [5.74, 6) is 1.85. The Labute approximate surface area is 213 Å². The number of rotatable bonds is 13. The number of amides is 1. The Morgan fingerprint density at radius 2 is 1.78 bits per heavy atom. The maximum atomic E-state index is 12.1. The number of guanidine groups is 1. The number of aliphatic imine (C=N–C) groups is 1. The van der Waals surface area contributed by atoms with E-state index in [1.807, 2.05) is 48.7 Å². The van der Waals surface area contributed by atoms with Gasteiger partial charge >= 0.3 is 0 Å². The Balaban J connectivity index is 1.64. The van der Waals surface area contributed by atoms with E-state index in [1.165, 1.54) is 11.6 Å². The largest absolute Gasteiger partial charge is 0.497 e. The summed E-state index contributed by atoms with van der Waals surface area (Å²) >= 11 is 0. The van der Waals surface area contributed by atoms with Gasteiger partial charge < -0.3 is 25.0 Å². The standard InChI is InChI=1S/C27H36N6O3/c1-29-27(31-20-28)32-23-10-7-21(8-11-23)9-12-26(34)30-14-5-6-15-33(2)16-13-22-17-24(35-3)19-25(18-22)36-4/h7-12,17-19H,5-6,13-16H2,1-4H3,(H,30,34)(H2,29,31,32)/b12-9+. The molecule has 2 rings (SSSR count). The fourth-order valence-electron chi connectivity index (χ4n) is 3.40. The fraction of sp³-hybridized carbons (Fsp3) is 0.370. The lowest BCUT2D eigenvalue weighted by molar-refractivity contribution is -0.116. The highest BCUT2D eigenvalue weighted by Crippen LogP contribution is 2.22. The number of benzene rings is 2. The van der Waals surface area contributed by atoms with Gasteiger partial charge in [0.2, 0.25) is 11.9 Å². The second-order valence-electron chi connectivity index (χ2n) is 8.16. The van der Waals surface area contributed by atoms with Crippen molar-refractivity contribution in [3.63, 3.8) is 0 Å². The van der Waals surface area contributed by atoms with E-state index in [4.69, 9.17) is 14.7 Å². The van der Waals surface area contributed by atoms with Gasteiger partial charge in [0.05, 0.1) is 14.2 Å². The molecule has 3 N–H and O–H groups in total. The molecule has 36 heavy (non-hydrogen) atoms. The van der Waals surface area contributed by atoms with E-state index >= 15 is 0 Å². The first-order valence-corrected chi connectivity index (χ1v) is 11.8. The number of unbranched alkanes of at least 4 members (excludes halogenated alkanes) is 1. The van der Waals surface area contributed by atoms with E-state index in [0.29, 0.717) is 12.5 Å². The van der Waals surface area contributed by atoms with Crippen molar-refractivity contribution in [2.45, 2.75) is 19.3 Å². The predicted octanol–water partition coefficient (Wildman–Crippen LogP) is 3.26. The molecular weight excluding hydrogens is 456 g/mol. The normalized spacial score (nSPS) is 11.3. The smallest absolute Gasteiger partial charge is 0.243 e. The van der Waals surface area contributed by atoms with Crippen molar-refractivity contribution in [3.05, 3.63) is 59.7 Å².